The maximum atomic E-state index is 12.6. The minimum Gasteiger partial charge on any atom is -0.383 e. The molecule has 1 unspecified atom stereocenters. The molecule has 0 radical (unpaired) electrons. The van der Waals surface area contributed by atoms with Gasteiger partial charge < -0.3 is 14.2 Å². The molecule has 0 N–H and O–H groups in total. The van der Waals surface area contributed by atoms with Gasteiger partial charge in [-0.3, -0.25) is 0 Å². The molecule has 0 aliphatic carbocycles. The van der Waals surface area contributed by atoms with Crippen LogP contribution < -0.4 is 0 Å². The number of imidazole rings is 1. The van der Waals surface area contributed by atoms with Crippen molar-refractivity contribution in [3.8, 4) is 0 Å². The smallest absolute Gasteiger partial charge is 0.261 e. The molecule has 1 saturated heterocycles. The van der Waals surface area contributed by atoms with E-state index in [0.29, 0.717) is 24.9 Å². The SMILES string of the molecule is COCCN1CCC(CN(C)S(=O)(=O)c2cn(C)c(C)n2)C1. The van der Waals surface area contributed by atoms with Crippen LogP contribution in [0.15, 0.2) is 11.2 Å². The molecule has 0 amide bonds. The number of nitrogens with zero attached hydrogens (tertiary/aromatic N) is 4. The molecule has 126 valence electrons. The standard InChI is InChI=1S/C14H26N4O3S/c1-12-15-14(11-16(12)2)22(19,20)17(3)9-13-5-6-18(10-13)7-8-21-4/h11,13H,5-10H2,1-4H3. The molecule has 0 bridgehead atoms. The maximum Gasteiger partial charge on any atom is 0.261 e. The van der Waals surface area contributed by atoms with E-state index in [9.17, 15) is 8.42 Å². The van der Waals surface area contributed by atoms with Crippen molar-refractivity contribution < 1.29 is 13.2 Å². The third-order valence-corrected chi connectivity index (χ3v) is 5.95. The number of likely N-dealkylation sites (tertiary alicyclic amines) is 1. The summed E-state index contributed by atoms with van der Waals surface area (Å²) in [6, 6.07) is 0. The van der Waals surface area contributed by atoms with Gasteiger partial charge in [-0.25, -0.2) is 13.4 Å². The quantitative estimate of drug-likeness (QED) is 0.720. The summed E-state index contributed by atoms with van der Waals surface area (Å²) in [6.45, 7) is 5.87. The summed E-state index contributed by atoms with van der Waals surface area (Å²) in [6.07, 6.45) is 2.59. The van der Waals surface area contributed by atoms with Crippen molar-refractivity contribution in [1.82, 2.24) is 18.8 Å². The summed E-state index contributed by atoms with van der Waals surface area (Å²) in [7, 11) is 1.63. The molecule has 2 rings (SSSR count). The van der Waals surface area contributed by atoms with Gasteiger partial charge in [0.05, 0.1) is 6.61 Å². The van der Waals surface area contributed by atoms with E-state index in [1.807, 2.05) is 0 Å². The molecule has 0 saturated carbocycles. The molecule has 1 aliphatic heterocycles. The van der Waals surface area contributed by atoms with Gasteiger partial charge in [0.2, 0.25) is 0 Å². The molecule has 1 aliphatic rings. The zero-order chi connectivity index (χ0) is 16.3. The molecule has 1 aromatic heterocycles. The fourth-order valence-corrected chi connectivity index (χ4v) is 4.02. The third-order valence-electron chi connectivity index (χ3n) is 4.26. The Labute approximate surface area is 132 Å². The third kappa shape index (κ3) is 3.87. The zero-order valence-corrected chi connectivity index (χ0v) is 14.6. The first-order chi connectivity index (χ1) is 10.3. The Hall–Kier alpha value is -0.960. The van der Waals surface area contributed by atoms with Crippen molar-refractivity contribution in [1.29, 1.82) is 0 Å². The van der Waals surface area contributed by atoms with E-state index < -0.39 is 10.0 Å². The number of methoxy groups -OCH3 is 1. The molecule has 8 heteroatoms. The predicted molar refractivity (Wildman–Crippen MR) is 84.2 cm³/mol. The van der Waals surface area contributed by atoms with Crippen LogP contribution in [-0.4, -0.2) is 74.1 Å². The topological polar surface area (TPSA) is 67.7 Å². The zero-order valence-electron chi connectivity index (χ0n) is 13.8. The molecular weight excluding hydrogens is 304 g/mol. The number of sulfonamides is 1. The number of rotatable bonds is 7. The summed E-state index contributed by atoms with van der Waals surface area (Å²) >= 11 is 0. The van der Waals surface area contributed by atoms with E-state index in [4.69, 9.17) is 4.74 Å². The summed E-state index contributed by atoms with van der Waals surface area (Å²) < 4.78 is 33.4. The van der Waals surface area contributed by atoms with Gasteiger partial charge in [0, 0.05) is 47.0 Å². The second kappa shape index (κ2) is 7.08. The van der Waals surface area contributed by atoms with Crippen LogP contribution in [0.2, 0.25) is 0 Å². The maximum absolute atomic E-state index is 12.6. The predicted octanol–water partition coefficient (Wildman–Crippen LogP) is 0.317. The lowest BCUT2D eigenvalue weighted by molar-refractivity contribution is 0.158. The van der Waals surface area contributed by atoms with Gasteiger partial charge in [-0.15, -0.1) is 0 Å². The molecule has 2 heterocycles. The minimum absolute atomic E-state index is 0.129. The first-order valence-corrected chi connectivity index (χ1v) is 8.96. The minimum atomic E-state index is -3.50. The van der Waals surface area contributed by atoms with Gasteiger partial charge in [0.25, 0.3) is 10.0 Å². The van der Waals surface area contributed by atoms with E-state index >= 15 is 0 Å². The Kier molecular flexibility index (Phi) is 5.60. The van der Waals surface area contributed by atoms with Crippen LogP contribution >= 0.6 is 0 Å². The number of hydrogen-bond acceptors (Lipinski definition) is 5. The Morgan fingerprint density at radius 3 is 2.82 bits per heavy atom. The molecule has 1 fully saturated rings. The largest absolute Gasteiger partial charge is 0.383 e. The highest BCUT2D eigenvalue weighted by Gasteiger charge is 2.29. The van der Waals surface area contributed by atoms with Crippen molar-refractivity contribution in [2.45, 2.75) is 18.4 Å². The molecular formula is C14H26N4O3S. The summed E-state index contributed by atoms with van der Waals surface area (Å²) in [4.78, 5) is 6.46. The van der Waals surface area contributed by atoms with Crippen LogP contribution in [0.3, 0.4) is 0 Å². The van der Waals surface area contributed by atoms with Crippen molar-refractivity contribution >= 4 is 10.0 Å². The van der Waals surface area contributed by atoms with E-state index in [-0.39, 0.29) is 5.03 Å². The lowest BCUT2D eigenvalue weighted by Gasteiger charge is -2.20. The lowest BCUT2D eigenvalue weighted by Crippen LogP contribution is -2.33. The van der Waals surface area contributed by atoms with Crippen LogP contribution in [0.5, 0.6) is 0 Å². The first-order valence-electron chi connectivity index (χ1n) is 7.52. The average Bonchev–Trinajstić information content (AvgIpc) is 3.04. The molecule has 1 atom stereocenters. The van der Waals surface area contributed by atoms with Gasteiger partial charge in [-0.2, -0.15) is 4.31 Å². The van der Waals surface area contributed by atoms with E-state index in [1.165, 1.54) is 4.31 Å². The van der Waals surface area contributed by atoms with Gasteiger partial charge in [0.1, 0.15) is 5.82 Å². The Balaban J connectivity index is 1.95. The van der Waals surface area contributed by atoms with Gasteiger partial charge >= 0.3 is 0 Å². The van der Waals surface area contributed by atoms with E-state index in [2.05, 4.69) is 9.88 Å². The van der Waals surface area contributed by atoms with Crippen LogP contribution in [-0.2, 0) is 21.8 Å². The Morgan fingerprint density at radius 1 is 1.50 bits per heavy atom. The van der Waals surface area contributed by atoms with Crippen LogP contribution in [0.25, 0.3) is 0 Å². The molecule has 22 heavy (non-hydrogen) atoms. The van der Waals surface area contributed by atoms with Gasteiger partial charge in [-0.1, -0.05) is 0 Å². The van der Waals surface area contributed by atoms with Crippen LogP contribution in [0, 0.1) is 12.8 Å². The fraction of sp³-hybridized carbons (Fsp3) is 0.786. The summed E-state index contributed by atoms with van der Waals surface area (Å²) in [5.41, 5.74) is 0. The number of ether oxygens (including phenoxy) is 1. The highest BCUT2D eigenvalue weighted by Crippen LogP contribution is 2.20. The fourth-order valence-electron chi connectivity index (χ4n) is 2.76. The molecule has 0 aromatic carbocycles. The number of hydrogen-bond donors (Lipinski definition) is 0. The van der Waals surface area contributed by atoms with E-state index in [1.54, 1.807) is 38.9 Å². The van der Waals surface area contributed by atoms with Crippen molar-refractivity contribution in [3.63, 3.8) is 0 Å². The van der Waals surface area contributed by atoms with Crippen LogP contribution in [0.4, 0.5) is 0 Å². The van der Waals surface area contributed by atoms with Gasteiger partial charge in [0.15, 0.2) is 5.03 Å². The molecule has 1 aromatic rings. The monoisotopic (exact) mass is 330 g/mol. The number of aromatic nitrogens is 2. The number of aryl methyl sites for hydroxylation is 2. The molecule has 0 spiro atoms. The average molecular weight is 330 g/mol. The second-order valence-corrected chi connectivity index (χ2v) is 7.96. The summed E-state index contributed by atoms with van der Waals surface area (Å²) in [5.74, 6) is 1.06. The van der Waals surface area contributed by atoms with Crippen molar-refractivity contribution in [2.24, 2.45) is 13.0 Å². The summed E-state index contributed by atoms with van der Waals surface area (Å²) in [5, 5.41) is 0.129. The second-order valence-electron chi connectivity index (χ2n) is 5.97. The lowest BCUT2D eigenvalue weighted by atomic mass is 10.1. The van der Waals surface area contributed by atoms with Crippen LogP contribution in [0.1, 0.15) is 12.2 Å². The highest BCUT2D eigenvalue weighted by atomic mass is 32.2. The van der Waals surface area contributed by atoms with E-state index in [0.717, 1.165) is 26.1 Å². The van der Waals surface area contributed by atoms with Crippen molar-refractivity contribution in [3.05, 3.63) is 12.0 Å². The van der Waals surface area contributed by atoms with Crippen molar-refractivity contribution in [2.75, 3.05) is 46.9 Å². The highest BCUT2D eigenvalue weighted by molar-refractivity contribution is 7.89. The Bertz CT molecular complexity index is 580. The molecule has 7 nitrogen and oxygen atoms in total. The normalized spacial score (nSPS) is 20.1. The first kappa shape index (κ1) is 17.4. The Morgan fingerprint density at radius 2 is 2.23 bits per heavy atom. The van der Waals surface area contributed by atoms with Gasteiger partial charge in [-0.05, 0) is 25.8 Å².